The predicted octanol–water partition coefficient (Wildman–Crippen LogP) is 6.59. The number of unbranched alkanes of at least 4 members (excludes halogenated alkanes) is 1. The molecule has 0 aliphatic carbocycles. The van der Waals surface area contributed by atoms with Gasteiger partial charge in [0, 0.05) is 0 Å². The first-order chi connectivity index (χ1) is 11.4. The van der Waals surface area contributed by atoms with Gasteiger partial charge in [0.2, 0.25) is 0 Å². The van der Waals surface area contributed by atoms with Crippen LogP contribution in [0, 0.1) is 0 Å². The first kappa shape index (κ1) is 25.3. The maximum Gasteiger partial charge on any atom is 0.346 e. The van der Waals surface area contributed by atoms with Crippen LogP contribution in [-0.4, -0.2) is 29.8 Å². The summed E-state index contributed by atoms with van der Waals surface area (Å²) < 4.78 is 50.2. The van der Waals surface area contributed by atoms with Crippen molar-refractivity contribution in [2.75, 3.05) is 0 Å². The van der Waals surface area contributed by atoms with Gasteiger partial charge >= 0.3 is 15.2 Å². The topological polar surface area (TPSA) is 71.1 Å². The Kier molecular flexibility index (Phi) is 11.3. The Hall–Kier alpha value is 0.300. The van der Waals surface area contributed by atoms with Gasteiger partial charge in [-0.05, 0) is 61.8 Å². The van der Waals surface area contributed by atoms with Gasteiger partial charge in [-0.2, -0.15) is 0 Å². The van der Waals surface area contributed by atoms with Crippen molar-refractivity contribution in [1.29, 1.82) is 0 Å². The fraction of sp³-hybridized carbons (Fsp3) is 1.00. The summed E-state index contributed by atoms with van der Waals surface area (Å²) in [5.74, 6) is 0. The van der Waals surface area contributed by atoms with Crippen molar-refractivity contribution in [3.8, 4) is 0 Å². The van der Waals surface area contributed by atoms with E-state index in [2.05, 4.69) is 0 Å². The molecule has 0 aromatic rings. The molecule has 6 nitrogen and oxygen atoms in total. The van der Waals surface area contributed by atoms with Crippen molar-refractivity contribution in [2.24, 2.45) is 0 Å². The minimum atomic E-state index is -3.72. The maximum absolute atomic E-state index is 13.7. The molecular weight excluding hydrogens is 362 g/mol. The van der Waals surface area contributed by atoms with Crippen LogP contribution in [0.1, 0.15) is 81.6 Å². The molecule has 0 heterocycles. The lowest BCUT2D eigenvalue weighted by Crippen LogP contribution is -2.23. The van der Waals surface area contributed by atoms with Crippen LogP contribution >= 0.6 is 15.2 Å². The molecule has 0 spiro atoms. The van der Waals surface area contributed by atoms with E-state index in [0.29, 0.717) is 6.42 Å². The highest BCUT2D eigenvalue weighted by Gasteiger charge is 2.52. The zero-order chi connectivity index (χ0) is 19.8. The van der Waals surface area contributed by atoms with Crippen LogP contribution in [0.4, 0.5) is 0 Å². The third-order valence-corrected chi connectivity index (χ3v) is 9.51. The lowest BCUT2D eigenvalue weighted by molar-refractivity contribution is 0.121. The summed E-state index contributed by atoms with van der Waals surface area (Å²) in [5.41, 5.74) is 0. The van der Waals surface area contributed by atoms with E-state index in [-0.39, 0.29) is 24.4 Å². The molecule has 0 N–H and O–H groups in total. The molecule has 0 aliphatic rings. The van der Waals surface area contributed by atoms with Crippen molar-refractivity contribution < 1.29 is 27.2 Å². The summed E-state index contributed by atoms with van der Waals surface area (Å²) in [4.78, 5) is 0. The molecule has 25 heavy (non-hydrogen) atoms. The van der Waals surface area contributed by atoms with Crippen molar-refractivity contribution in [1.82, 2.24) is 0 Å². The van der Waals surface area contributed by atoms with Crippen molar-refractivity contribution >= 4 is 15.2 Å². The van der Waals surface area contributed by atoms with Gasteiger partial charge in [0.25, 0.3) is 0 Å². The van der Waals surface area contributed by atoms with Crippen LogP contribution < -0.4 is 0 Å². The molecule has 0 aromatic carbocycles. The fourth-order valence-corrected chi connectivity index (χ4v) is 8.43. The van der Waals surface area contributed by atoms with E-state index in [4.69, 9.17) is 18.1 Å². The Labute approximate surface area is 154 Å². The van der Waals surface area contributed by atoms with Gasteiger partial charge in [-0.25, -0.2) is 0 Å². The highest BCUT2D eigenvalue weighted by atomic mass is 31.2. The molecular formula is C17H38O6P2. The maximum atomic E-state index is 13.7. The van der Waals surface area contributed by atoms with E-state index in [1.165, 1.54) is 0 Å². The molecule has 0 bridgehead atoms. The van der Waals surface area contributed by atoms with Gasteiger partial charge in [0.1, 0.15) is 0 Å². The zero-order valence-corrected chi connectivity index (χ0v) is 19.1. The standard InChI is InChI=1S/C17H38O6P2/c1-10-11-12-17(24(18,20-13(2)3)21-14(4)5)25(19,22-15(6)7)23-16(8)9/h13-17H,10-12H2,1-9H3. The normalized spacial score (nSPS) is 13.8. The smallest absolute Gasteiger partial charge is 0.305 e. The number of hydrogen-bond acceptors (Lipinski definition) is 6. The molecule has 0 saturated carbocycles. The van der Waals surface area contributed by atoms with E-state index >= 15 is 0 Å². The molecule has 0 amide bonds. The third-order valence-electron chi connectivity index (χ3n) is 2.98. The van der Waals surface area contributed by atoms with E-state index in [0.717, 1.165) is 12.8 Å². The Balaban J connectivity index is 6.07. The highest BCUT2D eigenvalue weighted by Crippen LogP contribution is 2.73. The molecule has 0 saturated heterocycles. The van der Waals surface area contributed by atoms with Gasteiger partial charge in [-0.15, -0.1) is 0 Å². The monoisotopic (exact) mass is 400 g/mol. The van der Waals surface area contributed by atoms with Crippen LogP contribution in [0.2, 0.25) is 0 Å². The summed E-state index contributed by atoms with van der Waals surface area (Å²) in [7, 11) is -7.44. The van der Waals surface area contributed by atoms with E-state index in [9.17, 15) is 9.13 Å². The lowest BCUT2D eigenvalue weighted by atomic mass is 10.3. The minimum absolute atomic E-state index is 0.333. The van der Waals surface area contributed by atoms with Crippen LogP contribution in [0.5, 0.6) is 0 Å². The average Bonchev–Trinajstić information content (AvgIpc) is 2.33. The second kappa shape index (κ2) is 11.2. The van der Waals surface area contributed by atoms with Gasteiger partial charge in [-0.1, -0.05) is 19.8 Å². The molecule has 152 valence electrons. The quantitative estimate of drug-likeness (QED) is 0.325. The van der Waals surface area contributed by atoms with Crippen LogP contribution in [0.3, 0.4) is 0 Å². The van der Waals surface area contributed by atoms with Gasteiger partial charge < -0.3 is 18.1 Å². The van der Waals surface area contributed by atoms with Crippen molar-refractivity contribution in [3.63, 3.8) is 0 Å². The molecule has 0 atom stereocenters. The average molecular weight is 400 g/mol. The number of rotatable bonds is 13. The minimum Gasteiger partial charge on any atom is -0.305 e. The van der Waals surface area contributed by atoms with E-state index in [1.54, 1.807) is 55.4 Å². The second-order valence-corrected chi connectivity index (χ2v) is 12.0. The molecule has 0 fully saturated rings. The Morgan fingerprint density at radius 3 is 1.12 bits per heavy atom. The zero-order valence-electron chi connectivity index (χ0n) is 17.4. The van der Waals surface area contributed by atoms with Gasteiger partial charge in [0.05, 0.1) is 24.4 Å². The van der Waals surface area contributed by atoms with E-state index in [1.807, 2.05) is 6.92 Å². The predicted molar refractivity (Wildman–Crippen MR) is 103 cm³/mol. The second-order valence-electron chi connectivity index (χ2n) is 7.32. The van der Waals surface area contributed by atoms with Gasteiger partial charge in [-0.3, -0.25) is 9.13 Å². The van der Waals surface area contributed by atoms with Crippen molar-refractivity contribution in [2.45, 2.75) is 111 Å². The van der Waals surface area contributed by atoms with Crippen LogP contribution in [0.15, 0.2) is 0 Å². The summed E-state index contributed by atoms with van der Waals surface area (Å²) in [5, 5.41) is -0.936. The summed E-state index contributed by atoms with van der Waals surface area (Å²) >= 11 is 0. The Morgan fingerprint density at radius 1 is 0.640 bits per heavy atom. The lowest BCUT2D eigenvalue weighted by Gasteiger charge is -2.35. The molecule has 8 heteroatoms. The first-order valence-corrected chi connectivity index (χ1v) is 12.5. The van der Waals surface area contributed by atoms with Gasteiger partial charge in [0.15, 0.2) is 5.40 Å². The molecule has 0 unspecified atom stereocenters. The SMILES string of the molecule is CCCCC(P(=O)(OC(C)C)OC(C)C)P(=O)(OC(C)C)OC(C)C. The molecule has 0 aliphatic heterocycles. The molecule has 0 aromatic heterocycles. The van der Waals surface area contributed by atoms with Crippen molar-refractivity contribution in [3.05, 3.63) is 0 Å². The molecule has 0 radical (unpaired) electrons. The fourth-order valence-electron chi connectivity index (χ4n) is 2.38. The van der Waals surface area contributed by atoms with Crippen LogP contribution in [0.25, 0.3) is 0 Å². The summed E-state index contributed by atoms with van der Waals surface area (Å²) in [6, 6.07) is 0. The third kappa shape index (κ3) is 9.17. The first-order valence-electron chi connectivity index (χ1n) is 9.29. The Morgan fingerprint density at radius 2 is 0.920 bits per heavy atom. The summed E-state index contributed by atoms with van der Waals surface area (Å²) in [6.07, 6.45) is 0.651. The van der Waals surface area contributed by atoms with Crippen LogP contribution in [-0.2, 0) is 27.2 Å². The van der Waals surface area contributed by atoms with E-state index < -0.39 is 20.6 Å². The molecule has 0 rings (SSSR count). The largest absolute Gasteiger partial charge is 0.346 e. The Bertz CT molecular complexity index is 396. The highest BCUT2D eigenvalue weighted by molar-refractivity contribution is 7.72. The summed E-state index contributed by atoms with van der Waals surface area (Å²) in [6.45, 7) is 16.3. The number of hydrogen-bond donors (Lipinski definition) is 0.